The van der Waals surface area contributed by atoms with E-state index in [-0.39, 0.29) is 30.6 Å². The highest BCUT2D eigenvalue weighted by molar-refractivity contribution is 7.36. The van der Waals surface area contributed by atoms with E-state index in [4.69, 9.17) is 19.7 Å². The van der Waals surface area contributed by atoms with Crippen LogP contribution in [0.2, 0.25) is 0 Å². The first kappa shape index (κ1) is 25.9. The van der Waals surface area contributed by atoms with Crippen molar-refractivity contribution in [2.75, 3.05) is 25.5 Å². The van der Waals surface area contributed by atoms with E-state index in [2.05, 4.69) is 15.2 Å². The number of nitriles is 1. The minimum Gasteiger partial charge on any atom is -0.464 e. The van der Waals surface area contributed by atoms with Gasteiger partial charge in [-0.2, -0.15) is 10.4 Å². The molecule has 0 aromatic carbocycles. The number of esters is 1. The molecule has 1 aliphatic rings. The summed E-state index contributed by atoms with van der Waals surface area (Å²) in [5, 5.41) is 37.5. The summed E-state index contributed by atoms with van der Waals surface area (Å²) in [5.41, 5.74) is 4.36. The molecule has 0 radical (unpaired) electrons. The van der Waals surface area contributed by atoms with Gasteiger partial charge in [0, 0.05) is 0 Å². The van der Waals surface area contributed by atoms with Crippen molar-refractivity contribution < 1.29 is 33.6 Å². The second-order valence-corrected chi connectivity index (χ2v) is 8.94. The molecule has 1 aliphatic heterocycles. The van der Waals surface area contributed by atoms with E-state index in [1.165, 1.54) is 16.9 Å². The zero-order valence-electron chi connectivity index (χ0n) is 18.8. The lowest BCUT2D eigenvalue weighted by atomic mass is 9.92. The van der Waals surface area contributed by atoms with E-state index < -0.39 is 44.7 Å². The highest BCUT2D eigenvalue weighted by atomic mass is 31.1. The number of nitrogens with one attached hydrogen (secondary N) is 1. The molecule has 0 spiro atoms. The summed E-state index contributed by atoms with van der Waals surface area (Å²) >= 11 is 0. The smallest absolute Gasteiger partial charge is 0.464 e. The lowest BCUT2D eigenvalue weighted by Crippen LogP contribution is -2.41. The molecule has 0 saturated carbocycles. The molecule has 1 saturated heterocycles. The first-order valence-corrected chi connectivity index (χ1v) is 12.0. The minimum absolute atomic E-state index is 0.135. The van der Waals surface area contributed by atoms with Crippen molar-refractivity contribution in [2.45, 2.75) is 50.6 Å². The molecule has 0 aliphatic carbocycles. The average molecular weight is 495 g/mol. The Labute approximate surface area is 196 Å². The Kier molecular flexibility index (Phi) is 8.48. The van der Waals surface area contributed by atoms with Crippen molar-refractivity contribution in [3.05, 3.63) is 24.2 Å². The van der Waals surface area contributed by atoms with E-state index in [9.17, 15) is 24.8 Å². The summed E-state index contributed by atoms with van der Waals surface area (Å²) in [6.45, 7) is 3.54. The highest BCUT2D eigenvalue weighted by Crippen LogP contribution is 2.41. The van der Waals surface area contributed by atoms with Gasteiger partial charge < -0.3 is 25.4 Å². The molecule has 5 atom stereocenters. The largest absolute Gasteiger partial charge is 0.613 e. The first-order chi connectivity index (χ1) is 16.3. The summed E-state index contributed by atoms with van der Waals surface area (Å²) in [4.78, 5) is 15.7. The number of ether oxygens (including phenoxy) is 2. The van der Waals surface area contributed by atoms with Crippen LogP contribution in [0, 0.1) is 17.2 Å². The predicted molar refractivity (Wildman–Crippen MR) is 118 cm³/mol. The van der Waals surface area contributed by atoms with Crippen LogP contribution in [-0.2, 0) is 29.0 Å². The van der Waals surface area contributed by atoms with Gasteiger partial charge in [0.1, 0.15) is 49.4 Å². The fourth-order valence-corrected chi connectivity index (χ4v) is 4.28. The Morgan fingerprint density at radius 2 is 2.18 bits per heavy atom. The van der Waals surface area contributed by atoms with Gasteiger partial charge in [0.25, 0.3) is 0 Å². The fourth-order valence-electron chi connectivity index (χ4n) is 3.65. The van der Waals surface area contributed by atoms with Gasteiger partial charge in [0.2, 0.25) is 5.60 Å². The van der Waals surface area contributed by atoms with Gasteiger partial charge in [0.05, 0.1) is 12.3 Å². The van der Waals surface area contributed by atoms with Crippen LogP contribution in [0.1, 0.15) is 32.4 Å². The molecule has 13 nitrogen and oxygen atoms in total. The van der Waals surface area contributed by atoms with Crippen molar-refractivity contribution in [1.82, 2.24) is 19.7 Å². The van der Waals surface area contributed by atoms with Gasteiger partial charge in [-0.1, -0.05) is 31.8 Å². The van der Waals surface area contributed by atoms with Gasteiger partial charge in [-0.3, -0.25) is 4.79 Å². The fraction of sp³-hybridized carbons (Fsp3) is 0.600. The summed E-state index contributed by atoms with van der Waals surface area (Å²) < 4.78 is 29.4. The number of nitrogens with two attached hydrogens (primary N) is 1. The summed E-state index contributed by atoms with van der Waals surface area (Å²) in [7, 11) is -2.51. The highest BCUT2D eigenvalue weighted by Gasteiger charge is 2.58. The summed E-state index contributed by atoms with van der Waals surface area (Å²) in [6, 6.07) is 4.94. The molecule has 1 unspecified atom stereocenters. The molecule has 5 N–H and O–H groups in total. The van der Waals surface area contributed by atoms with Gasteiger partial charge >= 0.3 is 14.1 Å². The van der Waals surface area contributed by atoms with Crippen LogP contribution < -0.4 is 10.8 Å². The molecular weight excluding hydrogens is 467 g/mol. The number of fused-ring (bicyclic) bond motifs is 1. The maximum absolute atomic E-state index is 12.1. The standard InChI is InChI=1S/C20H28N6O7P/c1-3-12(4-2)8-31-16(27)7-25-34(30)32-9-14-17(28)18(29)20(10-21,33-14)15-6-5-13-19(22)23-11-24-26(13)15/h5-6,11-12,14,17-18,28-29H,3-4,7-9H2,1-2H3,(H,25,30)(H2,22,23,24)/q+1/t14-,17-,18-,20+/m1/s1. The summed E-state index contributed by atoms with van der Waals surface area (Å²) in [6.07, 6.45) is -1.44. The second kappa shape index (κ2) is 11.1. The van der Waals surface area contributed by atoms with Crippen molar-refractivity contribution >= 4 is 25.5 Å². The molecular formula is C20H28N6O7P+. The lowest BCUT2D eigenvalue weighted by molar-refractivity contribution is -0.143. The molecule has 0 bridgehead atoms. The topological polar surface area (TPSA) is 194 Å². The Morgan fingerprint density at radius 1 is 1.44 bits per heavy atom. The Balaban J connectivity index is 1.59. The number of carbonyl (C=O) groups excluding carboxylic acids is 1. The van der Waals surface area contributed by atoms with Gasteiger partial charge in [-0.15, -0.1) is 4.52 Å². The van der Waals surface area contributed by atoms with Crippen molar-refractivity contribution in [2.24, 2.45) is 5.92 Å². The molecule has 34 heavy (non-hydrogen) atoms. The zero-order valence-corrected chi connectivity index (χ0v) is 19.7. The van der Waals surface area contributed by atoms with Crippen molar-refractivity contribution in [3.63, 3.8) is 0 Å². The van der Waals surface area contributed by atoms with Gasteiger partial charge in [-0.05, 0) is 22.6 Å². The van der Waals surface area contributed by atoms with Crippen LogP contribution >= 0.6 is 8.18 Å². The van der Waals surface area contributed by atoms with Gasteiger partial charge in [-0.25, -0.2) is 9.50 Å². The Bertz CT molecular complexity index is 1070. The maximum atomic E-state index is 12.1. The normalized spacial score (nSPS) is 24.9. The number of aliphatic hydroxyl groups is 2. The lowest BCUT2D eigenvalue weighted by Gasteiger charge is -2.24. The average Bonchev–Trinajstić information content (AvgIpc) is 3.38. The maximum Gasteiger partial charge on any atom is 0.613 e. The number of aliphatic hydroxyl groups excluding tert-OH is 2. The third-order valence-electron chi connectivity index (χ3n) is 5.83. The number of carbonyl (C=O) groups is 1. The summed E-state index contributed by atoms with van der Waals surface area (Å²) in [5.74, 6) is -0.150. The minimum atomic E-state index is -2.51. The van der Waals surface area contributed by atoms with E-state index in [1.807, 2.05) is 19.9 Å². The third-order valence-corrected chi connectivity index (χ3v) is 6.63. The van der Waals surface area contributed by atoms with Crippen molar-refractivity contribution in [3.8, 4) is 6.07 Å². The first-order valence-electron chi connectivity index (χ1n) is 10.8. The number of aromatic nitrogens is 3. The van der Waals surface area contributed by atoms with Crippen LogP contribution in [0.5, 0.6) is 0 Å². The quantitative estimate of drug-likeness (QED) is 0.248. The van der Waals surface area contributed by atoms with Crippen LogP contribution in [0.15, 0.2) is 18.5 Å². The van der Waals surface area contributed by atoms with Crippen LogP contribution in [0.25, 0.3) is 5.52 Å². The van der Waals surface area contributed by atoms with Crippen LogP contribution in [0.3, 0.4) is 0 Å². The number of hydrogen-bond acceptors (Lipinski definition) is 11. The number of anilines is 1. The number of nitrogens with zero attached hydrogens (tertiary/aromatic N) is 4. The van der Waals surface area contributed by atoms with Crippen molar-refractivity contribution in [1.29, 1.82) is 5.26 Å². The zero-order chi connectivity index (χ0) is 24.9. The van der Waals surface area contributed by atoms with Crippen LogP contribution in [-0.4, -0.2) is 68.9 Å². The Morgan fingerprint density at radius 3 is 2.85 bits per heavy atom. The third kappa shape index (κ3) is 5.17. The monoisotopic (exact) mass is 495 g/mol. The number of nitrogen functional groups attached to an aromatic ring is 1. The van der Waals surface area contributed by atoms with Crippen LogP contribution in [0.4, 0.5) is 5.82 Å². The Hall–Kier alpha value is -2.72. The number of hydrogen-bond donors (Lipinski definition) is 4. The molecule has 184 valence electrons. The van der Waals surface area contributed by atoms with Gasteiger partial charge in [0.15, 0.2) is 5.82 Å². The molecule has 1 fully saturated rings. The molecule has 3 rings (SSSR count). The molecule has 3 heterocycles. The SMILES string of the molecule is CCC(CC)COC(=O)CN[P+](=O)OC[C@H]1O[C@@](C#N)(c2ccc3c(N)ncnn23)[C@H](O)[C@@H]1O. The molecule has 0 amide bonds. The molecule has 14 heteroatoms. The van der Waals surface area contributed by atoms with E-state index >= 15 is 0 Å². The second-order valence-electron chi connectivity index (χ2n) is 7.85. The van der Waals surface area contributed by atoms with E-state index in [1.54, 1.807) is 6.07 Å². The van der Waals surface area contributed by atoms with E-state index in [0.29, 0.717) is 5.52 Å². The predicted octanol–water partition coefficient (Wildman–Crippen LogP) is 0.394. The molecule has 2 aromatic rings. The van der Waals surface area contributed by atoms with E-state index in [0.717, 1.165) is 12.8 Å². The molecule has 2 aromatic heterocycles. The number of rotatable bonds is 11.